The molecule has 0 aromatic heterocycles. The Morgan fingerprint density at radius 2 is 2.00 bits per heavy atom. The molecule has 1 saturated heterocycles. The highest BCUT2D eigenvalue weighted by Gasteiger charge is 2.42. The number of hydrogen-bond donors (Lipinski definition) is 1. The molecule has 162 valence electrons. The standard InChI is InChI=1S/C21H24F2N2O4S/c1-21(20(26)24-13-15-5-3-6-17(11-15)29-2)9-4-10-25(14-21)30(27,28)19-8-7-16(22)12-18(19)23/h3,5-8,11-12H,4,9-10,13-14H2,1-2H3,(H,24,26)/t21-/m0/s1. The number of benzene rings is 2. The second-order valence-electron chi connectivity index (χ2n) is 7.61. The molecule has 1 atom stereocenters. The number of hydrogen-bond acceptors (Lipinski definition) is 4. The van der Waals surface area contributed by atoms with Crippen molar-refractivity contribution in [2.24, 2.45) is 5.41 Å². The zero-order valence-electron chi connectivity index (χ0n) is 16.8. The number of nitrogens with zero attached hydrogens (tertiary/aromatic N) is 1. The Hall–Kier alpha value is -2.52. The molecule has 0 spiro atoms. The second kappa shape index (κ2) is 8.69. The van der Waals surface area contributed by atoms with E-state index in [1.807, 2.05) is 12.1 Å². The third kappa shape index (κ3) is 4.62. The Kier molecular flexibility index (Phi) is 6.42. The van der Waals surface area contributed by atoms with Gasteiger partial charge in [0.25, 0.3) is 0 Å². The summed E-state index contributed by atoms with van der Waals surface area (Å²) in [6.45, 7) is 2.04. The molecule has 1 aliphatic rings. The molecule has 3 rings (SSSR count). The Morgan fingerprint density at radius 1 is 1.23 bits per heavy atom. The summed E-state index contributed by atoms with van der Waals surface area (Å²) in [6.07, 6.45) is 0.944. The Morgan fingerprint density at radius 3 is 2.70 bits per heavy atom. The van der Waals surface area contributed by atoms with Crippen LogP contribution in [-0.2, 0) is 21.4 Å². The van der Waals surface area contributed by atoms with Gasteiger partial charge in [-0.15, -0.1) is 0 Å². The first-order valence-corrected chi connectivity index (χ1v) is 11.0. The van der Waals surface area contributed by atoms with Gasteiger partial charge in [0, 0.05) is 25.7 Å². The van der Waals surface area contributed by atoms with Crippen LogP contribution < -0.4 is 10.1 Å². The van der Waals surface area contributed by atoms with Crippen LogP contribution in [0.1, 0.15) is 25.3 Å². The van der Waals surface area contributed by atoms with Crippen LogP contribution in [-0.4, -0.2) is 38.8 Å². The van der Waals surface area contributed by atoms with E-state index in [1.54, 1.807) is 26.2 Å². The molecule has 1 aliphatic heterocycles. The first kappa shape index (κ1) is 22.2. The number of methoxy groups -OCH3 is 1. The molecular weight excluding hydrogens is 414 g/mol. The van der Waals surface area contributed by atoms with Crippen molar-refractivity contribution >= 4 is 15.9 Å². The molecule has 1 N–H and O–H groups in total. The second-order valence-corrected chi connectivity index (χ2v) is 9.52. The van der Waals surface area contributed by atoms with Crippen LogP contribution in [0.3, 0.4) is 0 Å². The normalized spacial score (nSPS) is 20.0. The molecule has 0 radical (unpaired) electrons. The summed E-state index contributed by atoms with van der Waals surface area (Å²) in [7, 11) is -2.64. The molecule has 30 heavy (non-hydrogen) atoms. The van der Waals surface area contributed by atoms with Gasteiger partial charge in [-0.05, 0) is 49.6 Å². The number of piperidine rings is 1. The monoisotopic (exact) mass is 438 g/mol. The summed E-state index contributed by atoms with van der Waals surface area (Å²) >= 11 is 0. The van der Waals surface area contributed by atoms with Gasteiger partial charge in [-0.25, -0.2) is 17.2 Å². The van der Waals surface area contributed by atoms with E-state index in [4.69, 9.17) is 4.74 Å². The highest BCUT2D eigenvalue weighted by Crippen LogP contribution is 2.33. The zero-order valence-corrected chi connectivity index (χ0v) is 17.6. The Bertz CT molecular complexity index is 1050. The maximum atomic E-state index is 14.1. The van der Waals surface area contributed by atoms with Gasteiger partial charge in [0.05, 0.1) is 12.5 Å². The molecule has 0 saturated carbocycles. The molecule has 0 bridgehead atoms. The van der Waals surface area contributed by atoms with Crippen LogP contribution in [0, 0.1) is 17.0 Å². The SMILES string of the molecule is COc1cccc(CNC(=O)[C@@]2(C)CCCN(S(=O)(=O)c3ccc(F)cc3F)C2)c1. The first-order chi connectivity index (χ1) is 14.2. The van der Waals surface area contributed by atoms with Crippen molar-refractivity contribution < 1.29 is 26.7 Å². The van der Waals surface area contributed by atoms with Gasteiger partial charge in [0.1, 0.15) is 22.3 Å². The summed E-state index contributed by atoms with van der Waals surface area (Å²) in [5.41, 5.74) is -0.124. The number of carbonyl (C=O) groups is 1. The van der Waals surface area contributed by atoms with Crippen LogP contribution in [0.15, 0.2) is 47.4 Å². The van der Waals surface area contributed by atoms with E-state index >= 15 is 0 Å². The van der Waals surface area contributed by atoms with Gasteiger partial charge in [0.2, 0.25) is 15.9 Å². The number of ether oxygens (including phenoxy) is 1. The molecular formula is C21H24F2N2O4S. The maximum absolute atomic E-state index is 14.1. The summed E-state index contributed by atoms with van der Waals surface area (Å²) in [5.74, 6) is -1.62. The van der Waals surface area contributed by atoms with Gasteiger partial charge in [-0.3, -0.25) is 4.79 Å². The van der Waals surface area contributed by atoms with Gasteiger partial charge in [-0.2, -0.15) is 4.31 Å². The number of amides is 1. The van der Waals surface area contributed by atoms with Crippen molar-refractivity contribution in [1.82, 2.24) is 9.62 Å². The minimum atomic E-state index is -4.20. The van der Waals surface area contributed by atoms with E-state index in [2.05, 4.69) is 5.32 Å². The molecule has 9 heteroatoms. The number of sulfonamides is 1. The lowest BCUT2D eigenvalue weighted by Crippen LogP contribution is -2.51. The van der Waals surface area contributed by atoms with Gasteiger partial charge in [0.15, 0.2) is 0 Å². The molecule has 1 heterocycles. The highest BCUT2D eigenvalue weighted by molar-refractivity contribution is 7.89. The van der Waals surface area contributed by atoms with Crippen molar-refractivity contribution in [3.63, 3.8) is 0 Å². The number of rotatable bonds is 6. The number of nitrogens with one attached hydrogen (secondary N) is 1. The van der Waals surface area contributed by atoms with E-state index in [1.165, 1.54) is 0 Å². The van der Waals surface area contributed by atoms with E-state index in [0.29, 0.717) is 24.7 Å². The summed E-state index contributed by atoms with van der Waals surface area (Å²) < 4.78 is 59.3. The third-order valence-electron chi connectivity index (χ3n) is 5.31. The quantitative estimate of drug-likeness (QED) is 0.752. The van der Waals surface area contributed by atoms with Gasteiger partial charge < -0.3 is 10.1 Å². The van der Waals surface area contributed by atoms with Crippen LogP contribution in [0.25, 0.3) is 0 Å². The van der Waals surface area contributed by atoms with Crippen LogP contribution in [0.2, 0.25) is 0 Å². The predicted octanol–water partition coefficient (Wildman–Crippen LogP) is 3.08. The van der Waals surface area contributed by atoms with Crippen molar-refractivity contribution in [1.29, 1.82) is 0 Å². The molecule has 2 aromatic rings. The summed E-state index contributed by atoms with van der Waals surface area (Å²) in [5, 5.41) is 2.85. The minimum absolute atomic E-state index is 0.0872. The van der Waals surface area contributed by atoms with Crippen molar-refractivity contribution in [3.8, 4) is 5.75 Å². The largest absolute Gasteiger partial charge is 0.497 e. The molecule has 0 unspecified atom stereocenters. The average Bonchev–Trinajstić information content (AvgIpc) is 2.72. The fraction of sp³-hybridized carbons (Fsp3) is 0.381. The Labute approximate surface area is 174 Å². The lowest BCUT2D eigenvalue weighted by atomic mass is 9.82. The summed E-state index contributed by atoms with van der Waals surface area (Å²) in [4.78, 5) is 12.3. The van der Waals surface area contributed by atoms with Crippen LogP contribution in [0.5, 0.6) is 5.75 Å². The maximum Gasteiger partial charge on any atom is 0.246 e. The van der Waals surface area contributed by atoms with Crippen molar-refractivity contribution in [2.75, 3.05) is 20.2 Å². The lowest BCUT2D eigenvalue weighted by Gasteiger charge is -2.38. The lowest BCUT2D eigenvalue weighted by molar-refractivity contribution is -0.132. The zero-order chi connectivity index (χ0) is 21.9. The first-order valence-electron chi connectivity index (χ1n) is 9.52. The van der Waals surface area contributed by atoms with Crippen LogP contribution >= 0.6 is 0 Å². The van der Waals surface area contributed by atoms with E-state index in [-0.39, 0.29) is 25.5 Å². The van der Waals surface area contributed by atoms with Gasteiger partial charge in [-0.1, -0.05) is 12.1 Å². The van der Waals surface area contributed by atoms with E-state index < -0.39 is 32.0 Å². The molecule has 0 aliphatic carbocycles. The highest BCUT2D eigenvalue weighted by atomic mass is 32.2. The van der Waals surface area contributed by atoms with Crippen molar-refractivity contribution in [2.45, 2.75) is 31.2 Å². The molecule has 1 amide bonds. The van der Waals surface area contributed by atoms with E-state index in [9.17, 15) is 22.0 Å². The molecule has 1 fully saturated rings. The predicted molar refractivity (Wildman–Crippen MR) is 107 cm³/mol. The topological polar surface area (TPSA) is 75.7 Å². The van der Waals surface area contributed by atoms with Crippen LogP contribution in [0.4, 0.5) is 8.78 Å². The number of carbonyl (C=O) groups excluding carboxylic acids is 1. The minimum Gasteiger partial charge on any atom is -0.497 e. The average molecular weight is 438 g/mol. The fourth-order valence-corrected chi connectivity index (χ4v) is 5.23. The molecule has 6 nitrogen and oxygen atoms in total. The fourth-order valence-electron chi connectivity index (χ4n) is 3.59. The molecule has 2 aromatic carbocycles. The third-order valence-corrected chi connectivity index (χ3v) is 7.19. The number of halogens is 2. The summed E-state index contributed by atoms with van der Waals surface area (Å²) in [6, 6.07) is 9.61. The van der Waals surface area contributed by atoms with E-state index in [0.717, 1.165) is 22.0 Å². The van der Waals surface area contributed by atoms with Gasteiger partial charge >= 0.3 is 0 Å². The Balaban J connectivity index is 1.73. The smallest absolute Gasteiger partial charge is 0.246 e. The van der Waals surface area contributed by atoms with Crippen molar-refractivity contribution in [3.05, 3.63) is 59.7 Å².